The molecule has 3 aromatic rings. The molecule has 0 bridgehead atoms. The summed E-state index contributed by atoms with van der Waals surface area (Å²) in [4.78, 5) is 13.7. The van der Waals surface area contributed by atoms with Gasteiger partial charge in [-0.3, -0.25) is 4.90 Å². The Morgan fingerprint density at radius 2 is 1.79 bits per heavy atom. The summed E-state index contributed by atoms with van der Waals surface area (Å²) in [5.74, 6) is 0. The van der Waals surface area contributed by atoms with Crippen molar-refractivity contribution in [2.24, 2.45) is 0 Å². The fraction of sp³-hybridized carbons (Fsp3) is 0.407. The molecule has 2 aromatic carbocycles. The number of fused-ring (bicyclic) bond motifs is 1. The summed E-state index contributed by atoms with van der Waals surface area (Å²) in [5, 5.41) is 11.4. The molecule has 2 heterocycles. The Morgan fingerprint density at radius 3 is 2.45 bits per heavy atom. The van der Waals surface area contributed by atoms with Gasteiger partial charge in [-0.1, -0.05) is 45.0 Å². The Morgan fingerprint density at radius 1 is 1.06 bits per heavy atom. The molecule has 1 fully saturated rings. The largest absolute Gasteiger partial charge is 0.336 e. The lowest BCUT2D eigenvalue weighted by atomic mass is 9.87. The highest BCUT2D eigenvalue weighted by molar-refractivity contribution is 5.93. The molecule has 6 nitrogen and oxygen atoms in total. The second kappa shape index (κ2) is 8.67. The lowest BCUT2D eigenvalue weighted by Crippen LogP contribution is -2.27. The van der Waals surface area contributed by atoms with Crippen LogP contribution in [0.25, 0.3) is 5.69 Å². The molecule has 1 saturated heterocycles. The minimum absolute atomic E-state index is 0.0133. The molecular formula is C27H33N5O. The standard InChI is InChI=1S/C27H33N5O/c1-27(2,3)20-9-13-22(14-10-20)32-25-6-4-5-24(23(25)18-30-32)29-17-19-7-11-21(12-8-19)31-16-15-28-26(31)33/h7-14,18,24,29H,4-6,15-17H2,1-3H3,(H,28,33). The molecule has 1 aromatic heterocycles. The molecule has 1 aliphatic carbocycles. The van der Waals surface area contributed by atoms with Crippen molar-refractivity contribution in [2.75, 3.05) is 18.0 Å². The molecule has 1 atom stereocenters. The summed E-state index contributed by atoms with van der Waals surface area (Å²) in [6.45, 7) is 8.95. The van der Waals surface area contributed by atoms with E-state index in [0.29, 0.717) is 12.6 Å². The lowest BCUT2D eigenvalue weighted by Gasteiger charge is -2.25. The number of anilines is 1. The van der Waals surface area contributed by atoms with Crippen LogP contribution in [0.15, 0.2) is 54.7 Å². The van der Waals surface area contributed by atoms with Crippen molar-refractivity contribution < 1.29 is 4.79 Å². The van der Waals surface area contributed by atoms with Gasteiger partial charge in [0.15, 0.2) is 0 Å². The van der Waals surface area contributed by atoms with Crippen LogP contribution >= 0.6 is 0 Å². The van der Waals surface area contributed by atoms with E-state index in [2.05, 4.69) is 72.5 Å². The third-order valence-corrected chi connectivity index (χ3v) is 6.82. The molecule has 2 amide bonds. The number of rotatable bonds is 5. The van der Waals surface area contributed by atoms with Crippen molar-refractivity contribution in [2.45, 2.75) is 58.0 Å². The van der Waals surface area contributed by atoms with Crippen LogP contribution in [0.1, 0.15) is 62.0 Å². The lowest BCUT2D eigenvalue weighted by molar-refractivity contribution is 0.252. The number of hydrogen-bond acceptors (Lipinski definition) is 3. The van der Waals surface area contributed by atoms with Crippen LogP contribution < -0.4 is 15.5 Å². The van der Waals surface area contributed by atoms with Gasteiger partial charge in [0.1, 0.15) is 0 Å². The van der Waals surface area contributed by atoms with E-state index in [0.717, 1.165) is 43.7 Å². The van der Waals surface area contributed by atoms with Crippen molar-refractivity contribution in [3.8, 4) is 5.69 Å². The molecule has 0 radical (unpaired) electrons. The Balaban J connectivity index is 1.28. The van der Waals surface area contributed by atoms with E-state index < -0.39 is 0 Å². The highest BCUT2D eigenvalue weighted by Gasteiger charge is 2.25. The number of carbonyl (C=O) groups excluding carboxylic acids is 1. The van der Waals surface area contributed by atoms with Crippen molar-refractivity contribution in [3.63, 3.8) is 0 Å². The fourth-order valence-corrected chi connectivity index (χ4v) is 4.85. The van der Waals surface area contributed by atoms with E-state index >= 15 is 0 Å². The van der Waals surface area contributed by atoms with Crippen LogP contribution in [0.2, 0.25) is 0 Å². The monoisotopic (exact) mass is 443 g/mol. The number of hydrogen-bond donors (Lipinski definition) is 2. The van der Waals surface area contributed by atoms with E-state index in [-0.39, 0.29) is 11.4 Å². The van der Waals surface area contributed by atoms with Gasteiger partial charge in [0, 0.05) is 42.6 Å². The first-order valence-electron chi connectivity index (χ1n) is 12.0. The number of aromatic nitrogens is 2. The quantitative estimate of drug-likeness (QED) is 0.592. The van der Waals surface area contributed by atoms with Gasteiger partial charge in [-0.2, -0.15) is 5.10 Å². The maximum atomic E-state index is 11.9. The first-order valence-corrected chi connectivity index (χ1v) is 12.0. The van der Waals surface area contributed by atoms with Gasteiger partial charge >= 0.3 is 6.03 Å². The SMILES string of the molecule is CC(C)(C)c1ccc(-n2ncc3c2CCCC3NCc2ccc(N3CCNC3=O)cc2)cc1. The number of benzene rings is 2. The Bertz CT molecular complexity index is 1120. The maximum Gasteiger partial charge on any atom is 0.321 e. The number of amides is 2. The van der Waals surface area contributed by atoms with Crippen LogP contribution in [-0.2, 0) is 18.4 Å². The molecule has 2 aliphatic rings. The van der Waals surface area contributed by atoms with Gasteiger partial charge in [-0.25, -0.2) is 9.48 Å². The molecule has 0 spiro atoms. The third-order valence-electron chi connectivity index (χ3n) is 6.82. The molecular weight excluding hydrogens is 410 g/mol. The second-order valence-corrected chi connectivity index (χ2v) is 10.1. The van der Waals surface area contributed by atoms with Crippen molar-refractivity contribution >= 4 is 11.7 Å². The van der Waals surface area contributed by atoms with Gasteiger partial charge < -0.3 is 10.6 Å². The minimum atomic E-state index is -0.0133. The number of nitrogens with zero attached hydrogens (tertiary/aromatic N) is 3. The average molecular weight is 444 g/mol. The van der Waals surface area contributed by atoms with Crippen molar-refractivity contribution in [3.05, 3.63) is 77.1 Å². The zero-order valence-corrected chi connectivity index (χ0v) is 19.8. The summed E-state index contributed by atoms with van der Waals surface area (Å²) in [6, 6.07) is 17.4. The Labute approximate surface area is 196 Å². The van der Waals surface area contributed by atoms with E-state index in [1.165, 1.54) is 22.4 Å². The molecule has 1 aliphatic heterocycles. The first kappa shape index (κ1) is 21.7. The molecule has 0 saturated carbocycles. The third kappa shape index (κ3) is 4.40. The van der Waals surface area contributed by atoms with Crippen molar-refractivity contribution in [1.29, 1.82) is 0 Å². The molecule has 5 rings (SSSR count). The summed E-state index contributed by atoms with van der Waals surface area (Å²) in [7, 11) is 0. The summed E-state index contributed by atoms with van der Waals surface area (Å²) < 4.78 is 2.12. The van der Waals surface area contributed by atoms with Crippen molar-refractivity contribution in [1.82, 2.24) is 20.4 Å². The van der Waals surface area contributed by atoms with Crippen LogP contribution in [-0.4, -0.2) is 28.9 Å². The van der Waals surface area contributed by atoms with E-state index in [9.17, 15) is 4.79 Å². The van der Waals surface area contributed by atoms with E-state index in [1.807, 2.05) is 18.3 Å². The van der Waals surface area contributed by atoms with Gasteiger partial charge in [0.2, 0.25) is 0 Å². The fourth-order valence-electron chi connectivity index (χ4n) is 4.85. The maximum absolute atomic E-state index is 11.9. The minimum Gasteiger partial charge on any atom is -0.336 e. The molecule has 6 heteroatoms. The van der Waals surface area contributed by atoms with Crippen LogP contribution in [0.4, 0.5) is 10.5 Å². The van der Waals surface area contributed by atoms with Gasteiger partial charge in [-0.15, -0.1) is 0 Å². The molecule has 2 N–H and O–H groups in total. The second-order valence-electron chi connectivity index (χ2n) is 10.1. The number of nitrogens with one attached hydrogen (secondary N) is 2. The summed E-state index contributed by atoms with van der Waals surface area (Å²) in [5.41, 5.74) is 7.41. The Kier molecular flexibility index (Phi) is 5.71. The first-order chi connectivity index (χ1) is 15.9. The van der Waals surface area contributed by atoms with Gasteiger partial charge in [0.25, 0.3) is 0 Å². The molecule has 33 heavy (non-hydrogen) atoms. The predicted octanol–water partition coefficient (Wildman–Crippen LogP) is 4.87. The van der Waals surface area contributed by atoms with E-state index in [1.54, 1.807) is 4.90 Å². The number of urea groups is 1. The van der Waals surface area contributed by atoms with Gasteiger partial charge in [-0.05, 0) is 60.1 Å². The molecule has 1 unspecified atom stereocenters. The van der Waals surface area contributed by atoms with E-state index in [4.69, 9.17) is 5.10 Å². The average Bonchev–Trinajstić information content (AvgIpc) is 3.44. The van der Waals surface area contributed by atoms with Crippen LogP contribution in [0.3, 0.4) is 0 Å². The highest BCUT2D eigenvalue weighted by atomic mass is 16.2. The van der Waals surface area contributed by atoms with Gasteiger partial charge in [0.05, 0.1) is 11.9 Å². The Hall–Kier alpha value is -3.12. The topological polar surface area (TPSA) is 62.2 Å². The van der Waals surface area contributed by atoms with Crippen LogP contribution in [0, 0.1) is 0 Å². The van der Waals surface area contributed by atoms with Crippen LogP contribution in [0.5, 0.6) is 0 Å². The summed E-state index contributed by atoms with van der Waals surface area (Å²) in [6.07, 6.45) is 5.37. The smallest absolute Gasteiger partial charge is 0.321 e. The summed E-state index contributed by atoms with van der Waals surface area (Å²) >= 11 is 0. The number of carbonyl (C=O) groups is 1. The zero-order valence-electron chi connectivity index (χ0n) is 19.8. The predicted molar refractivity (Wildman–Crippen MR) is 132 cm³/mol. The molecule has 172 valence electrons. The highest BCUT2D eigenvalue weighted by Crippen LogP contribution is 2.32. The normalized spacial score (nSPS) is 18.3. The zero-order chi connectivity index (χ0) is 23.0.